The van der Waals surface area contributed by atoms with Gasteiger partial charge in [0.25, 0.3) is 5.91 Å². The normalized spacial score (nSPS) is 22.6. The molecule has 2 N–H and O–H groups in total. The molecule has 128 valence electrons. The molecule has 1 aromatic carbocycles. The molecule has 0 spiro atoms. The smallest absolute Gasteiger partial charge is 0.251 e. The number of halogens is 1. The lowest BCUT2D eigenvalue weighted by molar-refractivity contribution is 0.0452. The first-order chi connectivity index (χ1) is 12.0. The van der Waals surface area contributed by atoms with E-state index >= 15 is 0 Å². The number of hydrogen-bond acceptors (Lipinski definition) is 3. The molecule has 0 aliphatic heterocycles. The molecule has 3 rings (SSSR count). The Morgan fingerprint density at radius 1 is 1.32 bits per heavy atom. The SMILES string of the molecule is O=C(N[C@@H]1CCC[C@](O)(C#Cc2cccc(Cl)c2)C1)c1ccncc1. The summed E-state index contributed by atoms with van der Waals surface area (Å²) < 4.78 is 0. The summed E-state index contributed by atoms with van der Waals surface area (Å²) in [5, 5.41) is 14.4. The van der Waals surface area contributed by atoms with Crippen molar-refractivity contribution in [1.29, 1.82) is 0 Å². The summed E-state index contributed by atoms with van der Waals surface area (Å²) in [6, 6.07) is 10.5. The molecule has 1 aromatic heterocycles. The lowest BCUT2D eigenvalue weighted by atomic mass is 9.82. The second-order valence-corrected chi connectivity index (χ2v) is 6.73. The largest absolute Gasteiger partial charge is 0.378 e. The molecular formula is C20H19ClN2O2. The van der Waals surface area contributed by atoms with E-state index in [0.717, 1.165) is 18.4 Å². The first kappa shape index (κ1) is 17.5. The van der Waals surface area contributed by atoms with Crippen molar-refractivity contribution in [1.82, 2.24) is 10.3 Å². The third kappa shape index (κ3) is 4.82. The molecule has 2 aromatic rings. The number of aromatic nitrogens is 1. The number of nitrogens with one attached hydrogen (secondary N) is 1. The summed E-state index contributed by atoms with van der Waals surface area (Å²) in [5.74, 6) is 5.81. The number of hydrogen-bond donors (Lipinski definition) is 2. The molecule has 0 bridgehead atoms. The summed E-state index contributed by atoms with van der Waals surface area (Å²) in [6.45, 7) is 0. The highest BCUT2D eigenvalue weighted by molar-refractivity contribution is 6.30. The van der Waals surface area contributed by atoms with E-state index < -0.39 is 5.60 Å². The maximum Gasteiger partial charge on any atom is 0.251 e. The van der Waals surface area contributed by atoms with Crippen molar-refractivity contribution < 1.29 is 9.90 Å². The molecular weight excluding hydrogens is 336 g/mol. The van der Waals surface area contributed by atoms with Gasteiger partial charge in [0.1, 0.15) is 5.60 Å². The summed E-state index contributed by atoms with van der Waals surface area (Å²) in [6.07, 6.45) is 5.82. The lowest BCUT2D eigenvalue weighted by Crippen LogP contribution is -2.45. The number of aliphatic hydroxyl groups is 1. The Morgan fingerprint density at radius 2 is 2.12 bits per heavy atom. The number of amides is 1. The number of rotatable bonds is 2. The van der Waals surface area contributed by atoms with Crippen LogP contribution in [0.4, 0.5) is 0 Å². The van der Waals surface area contributed by atoms with Gasteiger partial charge in [0, 0.05) is 41.0 Å². The maximum atomic E-state index is 12.3. The molecule has 1 amide bonds. The quantitative estimate of drug-likeness (QED) is 0.814. The average molecular weight is 355 g/mol. The first-order valence-electron chi connectivity index (χ1n) is 8.26. The molecule has 1 aliphatic carbocycles. The molecule has 2 atom stereocenters. The zero-order valence-electron chi connectivity index (χ0n) is 13.7. The molecule has 0 radical (unpaired) electrons. The van der Waals surface area contributed by atoms with Gasteiger partial charge in [-0.1, -0.05) is 29.5 Å². The Balaban J connectivity index is 1.67. The third-order valence-electron chi connectivity index (χ3n) is 4.27. The van der Waals surface area contributed by atoms with Crippen molar-refractivity contribution in [3.63, 3.8) is 0 Å². The van der Waals surface area contributed by atoms with E-state index in [-0.39, 0.29) is 11.9 Å². The summed E-state index contributed by atoms with van der Waals surface area (Å²) in [7, 11) is 0. The maximum absolute atomic E-state index is 12.3. The predicted molar refractivity (Wildman–Crippen MR) is 97.2 cm³/mol. The molecule has 1 saturated carbocycles. The van der Waals surface area contributed by atoms with Gasteiger partial charge in [-0.25, -0.2) is 0 Å². The highest BCUT2D eigenvalue weighted by atomic mass is 35.5. The Morgan fingerprint density at radius 3 is 2.88 bits per heavy atom. The molecule has 0 unspecified atom stereocenters. The van der Waals surface area contributed by atoms with Crippen molar-refractivity contribution in [2.24, 2.45) is 0 Å². The number of pyridine rings is 1. The lowest BCUT2D eigenvalue weighted by Gasteiger charge is -2.33. The number of nitrogens with zero attached hydrogens (tertiary/aromatic N) is 1. The van der Waals surface area contributed by atoms with Crippen LogP contribution in [0, 0.1) is 11.8 Å². The van der Waals surface area contributed by atoms with Crippen LogP contribution < -0.4 is 5.32 Å². The van der Waals surface area contributed by atoms with E-state index in [9.17, 15) is 9.90 Å². The van der Waals surface area contributed by atoms with Gasteiger partial charge in [0.15, 0.2) is 0 Å². The Kier molecular flexibility index (Phi) is 5.37. The van der Waals surface area contributed by atoms with Gasteiger partial charge in [0.2, 0.25) is 0 Å². The van der Waals surface area contributed by atoms with Gasteiger partial charge in [-0.15, -0.1) is 0 Å². The van der Waals surface area contributed by atoms with Crippen LogP contribution in [0.5, 0.6) is 0 Å². The van der Waals surface area contributed by atoms with Crippen LogP contribution in [-0.4, -0.2) is 27.6 Å². The standard InChI is InChI=1S/C20H19ClN2O2/c21-17-4-1-3-15(13-17)6-10-20(25)9-2-5-18(14-20)23-19(24)16-7-11-22-12-8-16/h1,3-4,7-8,11-13,18,25H,2,5,9,14H2,(H,23,24)/t18-,20+/m1/s1. The zero-order chi connectivity index (χ0) is 17.7. The van der Waals surface area contributed by atoms with Crippen molar-refractivity contribution in [3.8, 4) is 11.8 Å². The van der Waals surface area contributed by atoms with E-state index in [1.54, 1.807) is 36.7 Å². The van der Waals surface area contributed by atoms with Crippen molar-refractivity contribution >= 4 is 17.5 Å². The van der Waals surface area contributed by atoms with Gasteiger partial charge in [0.05, 0.1) is 0 Å². The fourth-order valence-corrected chi connectivity index (χ4v) is 3.21. The minimum Gasteiger partial charge on any atom is -0.378 e. The Labute approximate surface area is 152 Å². The summed E-state index contributed by atoms with van der Waals surface area (Å²) in [4.78, 5) is 16.2. The summed E-state index contributed by atoms with van der Waals surface area (Å²) in [5.41, 5.74) is 0.231. The Hall–Kier alpha value is -2.35. The van der Waals surface area contributed by atoms with E-state index in [4.69, 9.17) is 11.6 Å². The van der Waals surface area contributed by atoms with Crippen molar-refractivity contribution in [2.75, 3.05) is 0 Å². The average Bonchev–Trinajstić information content (AvgIpc) is 2.61. The minimum atomic E-state index is -1.10. The van der Waals surface area contributed by atoms with Gasteiger partial charge in [-0.05, 0) is 49.6 Å². The molecule has 25 heavy (non-hydrogen) atoms. The van der Waals surface area contributed by atoms with E-state index in [2.05, 4.69) is 22.1 Å². The molecule has 1 fully saturated rings. The van der Waals surface area contributed by atoms with Gasteiger partial charge < -0.3 is 10.4 Å². The second kappa shape index (κ2) is 7.69. The minimum absolute atomic E-state index is 0.104. The number of carbonyl (C=O) groups excluding carboxylic acids is 1. The molecule has 1 aliphatic rings. The second-order valence-electron chi connectivity index (χ2n) is 6.29. The molecule has 1 heterocycles. The van der Waals surface area contributed by atoms with E-state index in [0.29, 0.717) is 23.4 Å². The van der Waals surface area contributed by atoms with Crippen LogP contribution in [0.25, 0.3) is 0 Å². The fraction of sp³-hybridized carbons (Fsp3) is 0.300. The first-order valence-corrected chi connectivity index (χ1v) is 8.64. The zero-order valence-corrected chi connectivity index (χ0v) is 14.5. The van der Waals surface area contributed by atoms with Crippen LogP contribution in [0.15, 0.2) is 48.8 Å². The fourth-order valence-electron chi connectivity index (χ4n) is 3.02. The van der Waals surface area contributed by atoms with E-state index in [1.807, 2.05) is 12.1 Å². The van der Waals surface area contributed by atoms with Crippen LogP contribution in [0.1, 0.15) is 41.6 Å². The highest BCUT2D eigenvalue weighted by Crippen LogP contribution is 2.28. The van der Waals surface area contributed by atoms with Crippen molar-refractivity contribution in [2.45, 2.75) is 37.3 Å². The molecule has 5 heteroatoms. The molecule has 4 nitrogen and oxygen atoms in total. The predicted octanol–water partition coefficient (Wildman–Crippen LogP) is 3.19. The van der Waals surface area contributed by atoms with Crippen LogP contribution in [0.2, 0.25) is 5.02 Å². The summed E-state index contributed by atoms with van der Waals surface area (Å²) >= 11 is 5.96. The Bertz CT molecular complexity index is 813. The number of carbonyl (C=O) groups is 1. The van der Waals surface area contributed by atoms with Gasteiger partial charge in [-0.2, -0.15) is 0 Å². The van der Waals surface area contributed by atoms with Crippen molar-refractivity contribution in [3.05, 3.63) is 64.9 Å². The monoisotopic (exact) mass is 354 g/mol. The third-order valence-corrected chi connectivity index (χ3v) is 4.50. The highest BCUT2D eigenvalue weighted by Gasteiger charge is 2.33. The molecule has 0 saturated heterocycles. The topological polar surface area (TPSA) is 62.2 Å². The van der Waals surface area contributed by atoms with Crippen LogP contribution >= 0.6 is 11.6 Å². The van der Waals surface area contributed by atoms with Gasteiger partial charge >= 0.3 is 0 Å². The van der Waals surface area contributed by atoms with Gasteiger partial charge in [-0.3, -0.25) is 9.78 Å². The van der Waals surface area contributed by atoms with E-state index in [1.165, 1.54) is 0 Å². The van der Waals surface area contributed by atoms with Crippen LogP contribution in [-0.2, 0) is 0 Å². The number of benzene rings is 1. The van der Waals surface area contributed by atoms with Crippen LogP contribution in [0.3, 0.4) is 0 Å².